The van der Waals surface area contributed by atoms with E-state index in [0.29, 0.717) is 12.1 Å². The lowest BCUT2D eigenvalue weighted by molar-refractivity contribution is -0.160. The van der Waals surface area contributed by atoms with Crippen molar-refractivity contribution >= 4 is 17.6 Å². The molecule has 1 aromatic carbocycles. The molecule has 21 heavy (non-hydrogen) atoms. The molecule has 1 aliphatic rings. The van der Waals surface area contributed by atoms with Gasteiger partial charge < -0.3 is 4.74 Å². The van der Waals surface area contributed by atoms with Gasteiger partial charge in [0.25, 0.3) is 0 Å². The van der Waals surface area contributed by atoms with Crippen molar-refractivity contribution < 1.29 is 13.9 Å². The van der Waals surface area contributed by atoms with Crippen LogP contribution in [-0.4, -0.2) is 29.1 Å². The fourth-order valence-corrected chi connectivity index (χ4v) is 2.74. The molecule has 1 heterocycles. The highest BCUT2D eigenvalue weighted by molar-refractivity contribution is 6.30. The van der Waals surface area contributed by atoms with Crippen LogP contribution in [0, 0.1) is 5.82 Å². The van der Waals surface area contributed by atoms with Crippen molar-refractivity contribution in [2.24, 2.45) is 0 Å². The summed E-state index contributed by atoms with van der Waals surface area (Å²) in [6.07, 6.45) is 1.66. The summed E-state index contributed by atoms with van der Waals surface area (Å²) in [5.41, 5.74) is 0.00471. The Morgan fingerprint density at radius 3 is 2.86 bits per heavy atom. The van der Waals surface area contributed by atoms with Gasteiger partial charge in [0.15, 0.2) is 0 Å². The molecule has 116 valence electrons. The predicted octanol–water partition coefficient (Wildman–Crippen LogP) is 3.79. The molecule has 0 aromatic heterocycles. The molecular formula is C16H21ClFNO2. The summed E-state index contributed by atoms with van der Waals surface area (Å²) in [7, 11) is 0. The first kappa shape index (κ1) is 16.2. The number of esters is 1. The Morgan fingerprint density at radius 2 is 2.19 bits per heavy atom. The van der Waals surface area contributed by atoms with Gasteiger partial charge in [0, 0.05) is 12.1 Å². The zero-order chi connectivity index (χ0) is 15.6. The summed E-state index contributed by atoms with van der Waals surface area (Å²) in [6.45, 7) is 6.68. The molecule has 5 heteroatoms. The van der Waals surface area contributed by atoms with E-state index >= 15 is 0 Å². The van der Waals surface area contributed by atoms with Crippen molar-refractivity contribution in [1.82, 2.24) is 4.90 Å². The van der Waals surface area contributed by atoms with Gasteiger partial charge in [0.05, 0.1) is 5.02 Å². The third-order valence-corrected chi connectivity index (χ3v) is 3.74. The SMILES string of the molecule is CC(C)(C)OC(=O)[C@H]1CCCN1Cc1cccc(Cl)c1F. The fourth-order valence-electron chi connectivity index (χ4n) is 2.54. The second kappa shape index (κ2) is 6.32. The Balaban J connectivity index is 2.09. The summed E-state index contributed by atoms with van der Waals surface area (Å²) < 4.78 is 19.4. The zero-order valence-electron chi connectivity index (χ0n) is 12.7. The Labute approximate surface area is 130 Å². The second-order valence-corrected chi connectivity index (χ2v) is 6.78. The number of nitrogens with zero attached hydrogens (tertiary/aromatic N) is 1. The first-order chi connectivity index (χ1) is 9.78. The number of carbonyl (C=O) groups excluding carboxylic acids is 1. The molecule has 0 spiro atoms. The Hall–Kier alpha value is -1.13. The number of benzene rings is 1. The average molecular weight is 314 g/mol. The minimum Gasteiger partial charge on any atom is -0.459 e. The molecule has 0 aliphatic carbocycles. The molecule has 1 atom stereocenters. The van der Waals surface area contributed by atoms with Crippen LogP contribution in [0.5, 0.6) is 0 Å². The number of hydrogen-bond acceptors (Lipinski definition) is 3. The lowest BCUT2D eigenvalue weighted by Crippen LogP contribution is -2.40. The normalized spacial score (nSPS) is 19.8. The van der Waals surface area contributed by atoms with Crippen LogP contribution in [0.15, 0.2) is 18.2 Å². The fraction of sp³-hybridized carbons (Fsp3) is 0.562. The summed E-state index contributed by atoms with van der Waals surface area (Å²) >= 11 is 5.80. The topological polar surface area (TPSA) is 29.5 Å². The number of hydrogen-bond donors (Lipinski definition) is 0. The van der Waals surface area contributed by atoms with Crippen LogP contribution < -0.4 is 0 Å². The third kappa shape index (κ3) is 4.17. The van der Waals surface area contributed by atoms with Crippen LogP contribution in [0.3, 0.4) is 0 Å². The van der Waals surface area contributed by atoms with E-state index in [0.717, 1.165) is 19.4 Å². The van der Waals surface area contributed by atoms with Crippen LogP contribution in [0.1, 0.15) is 39.2 Å². The highest BCUT2D eigenvalue weighted by Crippen LogP contribution is 2.25. The number of carbonyl (C=O) groups is 1. The Kier molecular flexibility index (Phi) is 4.89. The van der Waals surface area contributed by atoms with Crippen molar-refractivity contribution in [3.8, 4) is 0 Å². The van der Waals surface area contributed by atoms with E-state index in [1.807, 2.05) is 25.7 Å². The molecule has 1 aliphatic heterocycles. The lowest BCUT2D eigenvalue weighted by Gasteiger charge is -2.27. The summed E-state index contributed by atoms with van der Waals surface area (Å²) in [6, 6.07) is 4.64. The standard InChI is InChI=1S/C16H21ClFNO2/c1-16(2,3)21-15(20)13-8-5-9-19(13)10-11-6-4-7-12(17)14(11)18/h4,6-7,13H,5,8-10H2,1-3H3/t13-/m1/s1. The Morgan fingerprint density at radius 1 is 1.48 bits per heavy atom. The molecule has 1 aromatic rings. The molecule has 0 amide bonds. The van der Waals surface area contributed by atoms with Gasteiger partial charge in [-0.3, -0.25) is 9.69 Å². The van der Waals surface area contributed by atoms with E-state index in [4.69, 9.17) is 16.3 Å². The molecule has 3 nitrogen and oxygen atoms in total. The summed E-state index contributed by atoms with van der Waals surface area (Å²) in [5.74, 6) is -0.642. The maximum atomic E-state index is 14.0. The molecule has 0 unspecified atom stereocenters. The maximum absolute atomic E-state index is 14.0. The van der Waals surface area contributed by atoms with E-state index in [1.54, 1.807) is 12.1 Å². The number of likely N-dealkylation sites (tertiary alicyclic amines) is 1. The Bertz CT molecular complexity index is 527. The van der Waals surface area contributed by atoms with Crippen LogP contribution >= 0.6 is 11.6 Å². The minimum absolute atomic E-state index is 0.112. The van der Waals surface area contributed by atoms with E-state index in [1.165, 1.54) is 6.07 Å². The number of halogens is 2. The number of ether oxygens (including phenoxy) is 1. The van der Waals surface area contributed by atoms with E-state index in [2.05, 4.69) is 0 Å². The molecule has 0 N–H and O–H groups in total. The highest BCUT2D eigenvalue weighted by atomic mass is 35.5. The van der Waals surface area contributed by atoms with Gasteiger partial charge in [0.1, 0.15) is 17.5 Å². The van der Waals surface area contributed by atoms with Crippen LogP contribution in [-0.2, 0) is 16.1 Å². The van der Waals surface area contributed by atoms with Crippen LogP contribution in [0.2, 0.25) is 5.02 Å². The van der Waals surface area contributed by atoms with Gasteiger partial charge in [-0.25, -0.2) is 4.39 Å². The highest BCUT2D eigenvalue weighted by Gasteiger charge is 2.34. The second-order valence-electron chi connectivity index (χ2n) is 6.37. The van der Waals surface area contributed by atoms with Gasteiger partial charge in [-0.05, 0) is 46.2 Å². The van der Waals surface area contributed by atoms with Gasteiger partial charge in [-0.15, -0.1) is 0 Å². The average Bonchev–Trinajstić information content (AvgIpc) is 2.81. The van der Waals surface area contributed by atoms with E-state index < -0.39 is 11.4 Å². The molecule has 1 saturated heterocycles. The quantitative estimate of drug-likeness (QED) is 0.795. The largest absolute Gasteiger partial charge is 0.459 e. The van der Waals surface area contributed by atoms with Crippen LogP contribution in [0.25, 0.3) is 0 Å². The van der Waals surface area contributed by atoms with Crippen LogP contribution in [0.4, 0.5) is 4.39 Å². The molecule has 1 fully saturated rings. The minimum atomic E-state index is -0.507. The van der Waals surface area contributed by atoms with Gasteiger partial charge in [-0.2, -0.15) is 0 Å². The monoisotopic (exact) mass is 313 g/mol. The number of rotatable bonds is 3. The van der Waals surface area contributed by atoms with Gasteiger partial charge >= 0.3 is 5.97 Å². The molecule has 2 rings (SSSR count). The summed E-state index contributed by atoms with van der Waals surface area (Å²) in [5, 5.41) is 0.112. The van der Waals surface area contributed by atoms with E-state index in [-0.39, 0.29) is 17.0 Å². The van der Waals surface area contributed by atoms with Crippen molar-refractivity contribution in [1.29, 1.82) is 0 Å². The molecule has 0 bridgehead atoms. The maximum Gasteiger partial charge on any atom is 0.323 e. The van der Waals surface area contributed by atoms with Gasteiger partial charge in [0.2, 0.25) is 0 Å². The molecule has 0 saturated carbocycles. The lowest BCUT2D eigenvalue weighted by atomic mass is 10.1. The van der Waals surface area contributed by atoms with Gasteiger partial charge in [-0.1, -0.05) is 23.7 Å². The third-order valence-electron chi connectivity index (χ3n) is 3.45. The van der Waals surface area contributed by atoms with Crippen molar-refractivity contribution in [2.75, 3.05) is 6.54 Å². The van der Waals surface area contributed by atoms with Crippen molar-refractivity contribution in [3.63, 3.8) is 0 Å². The van der Waals surface area contributed by atoms with Crippen molar-refractivity contribution in [3.05, 3.63) is 34.6 Å². The molecule has 0 radical (unpaired) electrons. The first-order valence-electron chi connectivity index (χ1n) is 7.18. The zero-order valence-corrected chi connectivity index (χ0v) is 13.4. The first-order valence-corrected chi connectivity index (χ1v) is 7.55. The predicted molar refractivity (Wildman–Crippen MR) is 80.7 cm³/mol. The summed E-state index contributed by atoms with van der Waals surface area (Å²) in [4.78, 5) is 14.2. The molecular weight excluding hydrogens is 293 g/mol. The van der Waals surface area contributed by atoms with E-state index in [9.17, 15) is 9.18 Å². The smallest absolute Gasteiger partial charge is 0.323 e. The van der Waals surface area contributed by atoms with Crippen molar-refractivity contribution in [2.45, 2.75) is 51.8 Å².